The second kappa shape index (κ2) is 3.17. The molecule has 3 heteroatoms. The van der Waals surface area contributed by atoms with Crippen molar-refractivity contribution in [3.63, 3.8) is 0 Å². The van der Waals surface area contributed by atoms with E-state index in [0.717, 1.165) is 0 Å². The second-order valence-corrected chi connectivity index (χ2v) is 4.76. The number of benzene rings is 1. The summed E-state index contributed by atoms with van der Waals surface area (Å²) >= 11 is 0. The smallest absolute Gasteiger partial charge is 0.335 e. The molecule has 3 nitrogen and oxygen atoms in total. The summed E-state index contributed by atoms with van der Waals surface area (Å²) in [5.41, 5.74) is 0.889. The molecule has 3 saturated carbocycles. The number of ketones is 1. The third kappa shape index (κ3) is 1.21. The van der Waals surface area contributed by atoms with E-state index in [1.807, 2.05) is 0 Å². The van der Waals surface area contributed by atoms with Gasteiger partial charge in [0.25, 0.3) is 0 Å². The molecule has 0 amide bonds. The molecule has 0 atom stereocenters. The van der Waals surface area contributed by atoms with Gasteiger partial charge in [-0.15, -0.1) is 0 Å². The number of carboxylic acids is 1. The Labute approximate surface area is 93.1 Å². The molecule has 3 aliphatic rings. The Kier molecular flexibility index (Phi) is 1.90. The molecule has 82 valence electrons. The van der Waals surface area contributed by atoms with E-state index < -0.39 is 5.97 Å². The van der Waals surface area contributed by atoms with E-state index >= 15 is 0 Å². The molecule has 0 heterocycles. The molecule has 0 aromatic heterocycles. The number of carbonyl (C=O) groups excluding carboxylic acids is 1. The number of Topliss-reactive ketones (excluding diaryl/α,β-unsaturated/α-hetero) is 1. The molecule has 0 spiro atoms. The fourth-order valence-electron chi connectivity index (χ4n) is 2.69. The molecule has 16 heavy (non-hydrogen) atoms. The Hall–Kier alpha value is -1.64. The van der Waals surface area contributed by atoms with Gasteiger partial charge in [0.05, 0.1) is 5.56 Å². The third-order valence-corrected chi connectivity index (χ3v) is 3.95. The monoisotopic (exact) mass is 216 g/mol. The van der Waals surface area contributed by atoms with Crippen molar-refractivity contribution in [2.75, 3.05) is 0 Å². The Balaban J connectivity index is 1.79. The van der Waals surface area contributed by atoms with Crippen molar-refractivity contribution in [1.82, 2.24) is 0 Å². The lowest BCUT2D eigenvalue weighted by molar-refractivity contribution is -0.0564. The number of aromatic carboxylic acids is 1. The van der Waals surface area contributed by atoms with Gasteiger partial charge in [-0.3, -0.25) is 4.79 Å². The van der Waals surface area contributed by atoms with Crippen molar-refractivity contribution in [2.45, 2.75) is 12.8 Å². The Morgan fingerprint density at radius 1 is 1.00 bits per heavy atom. The Morgan fingerprint density at radius 2 is 1.50 bits per heavy atom. The van der Waals surface area contributed by atoms with Crippen LogP contribution in [0.25, 0.3) is 0 Å². The lowest BCUT2D eigenvalue weighted by Gasteiger charge is -2.57. The summed E-state index contributed by atoms with van der Waals surface area (Å²) in [4.78, 5) is 22.7. The van der Waals surface area contributed by atoms with Crippen molar-refractivity contribution in [3.05, 3.63) is 35.4 Å². The van der Waals surface area contributed by atoms with Crippen LogP contribution >= 0.6 is 0 Å². The molecule has 4 rings (SSSR count). The zero-order valence-corrected chi connectivity index (χ0v) is 8.72. The minimum Gasteiger partial charge on any atom is -0.478 e. The number of carbonyl (C=O) groups is 2. The average molecular weight is 216 g/mol. The van der Waals surface area contributed by atoms with Gasteiger partial charge in [0, 0.05) is 11.5 Å². The van der Waals surface area contributed by atoms with Gasteiger partial charge in [-0.25, -0.2) is 4.79 Å². The maximum Gasteiger partial charge on any atom is 0.335 e. The number of carboxylic acid groups (broad SMARTS) is 1. The van der Waals surface area contributed by atoms with E-state index in [0.29, 0.717) is 17.4 Å². The van der Waals surface area contributed by atoms with Crippen LogP contribution in [0.15, 0.2) is 24.3 Å². The zero-order chi connectivity index (χ0) is 11.3. The van der Waals surface area contributed by atoms with Gasteiger partial charge >= 0.3 is 5.97 Å². The standard InChI is InChI=1S/C13H12O3/c14-12(11-9-5-10(11)6-9)7-1-3-8(4-2-7)13(15)16/h1-4,9-11H,5-6H2,(H,15,16). The quantitative estimate of drug-likeness (QED) is 0.788. The van der Waals surface area contributed by atoms with Gasteiger partial charge in [-0.2, -0.15) is 0 Å². The van der Waals surface area contributed by atoms with E-state index in [1.165, 1.54) is 25.0 Å². The zero-order valence-electron chi connectivity index (χ0n) is 8.72. The molecule has 3 fully saturated rings. The first-order chi connectivity index (χ1) is 7.66. The summed E-state index contributed by atoms with van der Waals surface area (Å²) in [6.45, 7) is 0. The van der Waals surface area contributed by atoms with Crippen LogP contribution in [-0.2, 0) is 0 Å². The molecule has 0 radical (unpaired) electrons. The highest BCUT2D eigenvalue weighted by atomic mass is 16.4. The van der Waals surface area contributed by atoms with Crippen molar-refractivity contribution in [3.8, 4) is 0 Å². The van der Waals surface area contributed by atoms with Gasteiger partial charge in [-0.1, -0.05) is 12.1 Å². The highest BCUT2D eigenvalue weighted by molar-refractivity contribution is 6.00. The fraction of sp³-hybridized carbons (Fsp3) is 0.385. The average Bonchev–Trinajstić information content (AvgIpc) is 2.13. The third-order valence-electron chi connectivity index (χ3n) is 3.95. The number of hydrogen-bond donors (Lipinski definition) is 1. The van der Waals surface area contributed by atoms with Crippen LogP contribution in [0.1, 0.15) is 33.6 Å². The highest BCUT2D eigenvalue weighted by Crippen LogP contribution is 2.59. The summed E-state index contributed by atoms with van der Waals surface area (Å²) in [5, 5.41) is 8.75. The lowest BCUT2D eigenvalue weighted by Crippen LogP contribution is -2.54. The second-order valence-electron chi connectivity index (χ2n) is 4.76. The van der Waals surface area contributed by atoms with Crippen molar-refractivity contribution in [2.24, 2.45) is 17.8 Å². The summed E-state index contributed by atoms with van der Waals surface area (Å²) in [6.07, 6.45) is 2.42. The van der Waals surface area contributed by atoms with Crippen LogP contribution in [0.5, 0.6) is 0 Å². The van der Waals surface area contributed by atoms with Crippen molar-refractivity contribution in [1.29, 1.82) is 0 Å². The largest absolute Gasteiger partial charge is 0.478 e. The minimum atomic E-state index is -0.953. The first-order valence-corrected chi connectivity index (χ1v) is 5.54. The molecule has 0 saturated heterocycles. The minimum absolute atomic E-state index is 0.199. The number of rotatable bonds is 3. The van der Waals surface area contributed by atoms with Gasteiger partial charge in [0.15, 0.2) is 5.78 Å². The van der Waals surface area contributed by atoms with Crippen LogP contribution in [0.2, 0.25) is 0 Å². The SMILES string of the molecule is O=C(O)c1ccc(C(=O)C2C3CC2C3)cc1. The Morgan fingerprint density at radius 3 is 1.88 bits per heavy atom. The first-order valence-electron chi connectivity index (χ1n) is 5.54. The summed E-state index contributed by atoms with van der Waals surface area (Å²) in [6, 6.07) is 6.26. The van der Waals surface area contributed by atoms with Crippen molar-refractivity contribution >= 4 is 11.8 Å². The van der Waals surface area contributed by atoms with Crippen LogP contribution in [0.4, 0.5) is 0 Å². The van der Waals surface area contributed by atoms with E-state index in [-0.39, 0.29) is 17.3 Å². The normalized spacial score (nSPS) is 30.1. The van der Waals surface area contributed by atoms with Gasteiger partial charge in [0.2, 0.25) is 0 Å². The van der Waals surface area contributed by atoms with Gasteiger partial charge in [-0.05, 0) is 36.8 Å². The first kappa shape index (κ1) is 9.58. The van der Waals surface area contributed by atoms with Crippen LogP contribution in [-0.4, -0.2) is 16.9 Å². The van der Waals surface area contributed by atoms with E-state index in [2.05, 4.69) is 0 Å². The topological polar surface area (TPSA) is 54.4 Å². The molecule has 1 N–H and O–H groups in total. The molecule has 3 aliphatic carbocycles. The van der Waals surface area contributed by atoms with E-state index in [9.17, 15) is 9.59 Å². The van der Waals surface area contributed by atoms with Crippen LogP contribution < -0.4 is 0 Å². The predicted octanol–water partition coefficient (Wildman–Crippen LogP) is 2.22. The van der Waals surface area contributed by atoms with Gasteiger partial charge < -0.3 is 5.11 Å². The van der Waals surface area contributed by atoms with Crippen molar-refractivity contribution < 1.29 is 14.7 Å². The van der Waals surface area contributed by atoms with E-state index in [4.69, 9.17) is 5.11 Å². The molecule has 1 aromatic rings. The maximum absolute atomic E-state index is 12.0. The van der Waals surface area contributed by atoms with Crippen LogP contribution in [0.3, 0.4) is 0 Å². The Bertz CT molecular complexity index is 447. The van der Waals surface area contributed by atoms with Gasteiger partial charge in [0.1, 0.15) is 0 Å². The fourth-order valence-corrected chi connectivity index (χ4v) is 2.69. The molecular formula is C13H12O3. The van der Waals surface area contributed by atoms with E-state index in [1.54, 1.807) is 12.1 Å². The predicted molar refractivity (Wildman–Crippen MR) is 57.4 cm³/mol. The molecule has 0 unspecified atom stereocenters. The maximum atomic E-state index is 12.0. The highest BCUT2D eigenvalue weighted by Gasteiger charge is 2.55. The molecule has 2 bridgehead atoms. The lowest BCUT2D eigenvalue weighted by atomic mass is 9.46. The number of hydrogen-bond acceptors (Lipinski definition) is 2. The molecule has 1 aromatic carbocycles. The molecule has 0 aliphatic heterocycles. The molecular weight excluding hydrogens is 204 g/mol. The summed E-state index contributed by atoms with van der Waals surface area (Å²) in [5.74, 6) is 0.693. The van der Waals surface area contributed by atoms with Crippen LogP contribution in [0, 0.1) is 17.8 Å². The summed E-state index contributed by atoms with van der Waals surface area (Å²) < 4.78 is 0. The summed E-state index contributed by atoms with van der Waals surface area (Å²) in [7, 11) is 0.